The fourth-order valence-electron chi connectivity index (χ4n) is 1.10. The van der Waals surface area contributed by atoms with Crippen LogP contribution in [0.1, 0.15) is 11.6 Å². The maximum Gasteiger partial charge on any atom is 0.239 e. The van der Waals surface area contributed by atoms with Crippen LogP contribution in [-0.2, 0) is 4.79 Å². The van der Waals surface area contributed by atoms with E-state index in [2.05, 4.69) is 0 Å². The maximum absolute atomic E-state index is 12.8. The van der Waals surface area contributed by atoms with Crippen LogP contribution in [0.3, 0.4) is 0 Å². The van der Waals surface area contributed by atoms with E-state index in [0.29, 0.717) is 5.75 Å². The maximum atomic E-state index is 12.8. The summed E-state index contributed by atoms with van der Waals surface area (Å²) in [6.07, 6.45) is 0. The second kappa shape index (κ2) is 4.06. The molecule has 0 radical (unpaired) electrons. The number of amides is 1. The Labute approximate surface area is 80.6 Å². The van der Waals surface area contributed by atoms with Gasteiger partial charge in [-0.2, -0.15) is 0 Å². The number of ether oxygens (including phenoxy) is 1. The van der Waals surface area contributed by atoms with Gasteiger partial charge in [0, 0.05) is 5.56 Å². The van der Waals surface area contributed by atoms with Crippen LogP contribution in [0.4, 0.5) is 4.39 Å². The summed E-state index contributed by atoms with van der Waals surface area (Å²) in [6.45, 7) is 0. The molecule has 1 atom stereocenters. The van der Waals surface area contributed by atoms with Crippen LogP contribution < -0.4 is 16.2 Å². The first kappa shape index (κ1) is 10.5. The van der Waals surface area contributed by atoms with Gasteiger partial charge in [-0.25, -0.2) is 4.39 Å². The first-order valence-electron chi connectivity index (χ1n) is 3.94. The van der Waals surface area contributed by atoms with Crippen molar-refractivity contribution in [3.8, 4) is 5.75 Å². The molecule has 14 heavy (non-hydrogen) atoms. The third kappa shape index (κ3) is 2.00. The SMILES string of the molecule is COc1ccc(F)cc1C(N)C(N)=O. The van der Waals surface area contributed by atoms with Crippen molar-refractivity contribution in [2.24, 2.45) is 11.5 Å². The summed E-state index contributed by atoms with van der Waals surface area (Å²) >= 11 is 0. The second-order valence-corrected chi connectivity index (χ2v) is 2.77. The molecule has 0 heterocycles. The van der Waals surface area contributed by atoms with Gasteiger partial charge in [-0.1, -0.05) is 0 Å². The number of benzene rings is 1. The third-order valence-corrected chi connectivity index (χ3v) is 1.83. The van der Waals surface area contributed by atoms with Crippen LogP contribution in [0.5, 0.6) is 5.75 Å². The molecule has 0 aliphatic rings. The van der Waals surface area contributed by atoms with E-state index in [9.17, 15) is 9.18 Å². The first-order valence-corrected chi connectivity index (χ1v) is 3.94. The summed E-state index contributed by atoms with van der Waals surface area (Å²) in [4.78, 5) is 10.8. The van der Waals surface area contributed by atoms with Gasteiger partial charge in [0.1, 0.15) is 17.6 Å². The third-order valence-electron chi connectivity index (χ3n) is 1.83. The highest BCUT2D eigenvalue weighted by atomic mass is 19.1. The van der Waals surface area contributed by atoms with Crippen LogP contribution in [-0.4, -0.2) is 13.0 Å². The van der Waals surface area contributed by atoms with Gasteiger partial charge in [-0.05, 0) is 18.2 Å². The van der Waals surface area contributed by atoms with Crippen LogP contribution in [0.25, 0.3) is 0 Å². The Hall–Kier alpha value is -1.62. The first-order chi connectivity index (χ1) is 6.56. The van der Waals surface area contributed by atoms with E-state index in [1.54, 1.807) is 0 Å². The van der Waals surface area contributed by atoms with Gasteiger partial charge < -0.3 is 16.2 Å². The number of rotatable bonds is 3. The second-order valence-electron chi connectivity index (χ2n) is 2.77. The number of hydrogen-bond acceptors (Lipinski definition) is 3. The molecule has 0 fully saturated rings. The summed E-state index contributed by atoms with van der Waals surface area (Å²) in [5.41, 5.74) is 10.7. The minimum Gasteiger partial charge on any atom is -0.496 e. The Morgan fingerprint density at radius 3 is 2.71 bits per heavy atom. The molecule has 1 rings (SSSR count). The highest BCUT2D eigenvalue weighted by molar-refractivity contribution is 5.82. The van der Waals surface area contributed by atoms with Crippen LogP contribution in [0, 0.1) is 5.82 Å². The van der Waals surface area contributed by atoms with Crippen molar-refractivity contribution in [1.29, 1.82) is 0 Å². The normalized spacial score (nSPS) is 12.2. The molecule has 0 aromatic heterocycles. The number of hydrogen-bond donors (Lipinski definition) is 2. The van der Waals surface area contributed by atoms with E-state index < -0.39 is 17.8 Å². The molecule has 0 saturated carbocycles. The van der Waals surface area contributed by atoms with Gasteiger partial charge in [0.05, 0.1) is 7.11 Å². The minimum atomic E-state index is -1.05. The lowest BCUT2D eigenvalue weighted by Gasteiger charge is -2.12. The van der Waals surface area contributed by atoms with Gasteiger partial charge >= 0.3 is 0 Å². The van der Waals surface area contributed by atoms with E-state index in [1.807, 2.05) is 0 Å². The summed E-state index contributed by atoms with van der Waals surface area (Å²) in [7, 11) is 1.41. The van der Waals surface area contributed by atoms with Gasteiger partial charge in [0.15, 0.2) is 0 Å². The number of primary amides is 1. The monoisotopic (exact) mass is 198 g/mol. The molecule has 1 unspecified atom stereocenters. The van der Waals surface area contributed by atoms with Crippen molar-refractivity contribution in [3.63, 3.8) is 0 Å². The van der Waals surface area contributed by atoms with Crippen molar-refractivity contribution in [2.75, 3.05) is 7.11 Å². The zero-order valence-corrected chi connectivity index (χ0v) is 7.66. The Bertz CT molecular complexity index is 355. The molecule has 0 spiro atoms. The molecule has 0 aliphatic heterocycles. The molecule has 1 aromatic rings. The highest BCUT2D eigenvalue weighted by Crippen LogP contribution is 2.24. The smallest absolute Gasteiger partial charge is 0.239 e. The van der Waals surface area contributed by atoms with E-state index >= 15 is 0 Å². The largest absolute Gasteiger partial charge is 0.496 e. The number of methoxy groups -OCH3 is 1. The Morgan fingerprint density at radius 2 is 2.21 bits per heavy atom. The average molecular weight is 198 g/mol. The molecule has 5 heteroatoms. The van der Waals surface area contributed by atoms with Crippen LogP contribution in [0.2, 0.25) is 0 Å². The molecule has 4 N–H and O–H groups in total. The lowest BCUT2D eigenvalue weighted by molar-refractivity contribution is -0.119. The Kier molecular flexibility index (Phi) is 3.03. The van der Waals surface area contributed by atoms with E-state index in [-0.39, 0.29) is 5.56 Å². The summed E-state index contributed by atoms with van der Waals surface area (Å²) < 4.78 is 17.8. The fourth-order valence-corrected chi connectivity index (χ4v) is 1.10. The predicted octanol–water partition coefficient (Wildman–Crippen LogP) is 0.319. The zero-order chi connectivity index (χ0) is 10.7. The van der Waals surface area contributed by atoms with Gasteiger partial charge in [0.2, 0.25) is 5.91 Å². The van der Waals surface area contributed by atoms with E-state index in [0.717, 1.165) is 6.07 Å². The summed E-state index contributed by atoms with van der Waals surface area (Å²) in [5.74, 6) is -0.871. The van der Waals surface area contributed by atoms with E-state index in [4.69, 9.17) is 16.2 Å². The van der Waals surface area contributed by atoms with Gasteiger partial charge in [-0.3, -0.25) is 4.79 Å². The lowest BCUT2D eigenvalue weighted by Crippen LogP contribution is -2.28. The predicted molar refractivity (Wildman–Crippen MR) is 49.1 cm³/mol. The lowest BCUT2D eigenvalue weighted by atomic mass is 10.1. The van der Waals surface area contributed by atoms with Crippen molar-refractivity contribution < 1.29 is 13.9 Å². The van der Waals surface area contributed by atoms with E-state index in [1.165, 1.54) is 19.2 Å². The van der Waals surface area contributed by atoms with Crippen LogP contribution in [0.15, 0.2) is 18.2 Å². The average Bonchev–Trinajstić information content (AvgIpc) is 2.16. The van der Waals surface area contributed by atoms with Gasteiger partial charge in [-0.15, -0.1) is 0 Å². The Balaban J connectivity index is 3.16. The molecule has 1 aromatic carbocycles. The number of halogens is 1. The molecule has 76 valence electrons. The quantitative estimate of drug-likeness (QED) is 0.734. The number of carbonyl (C=O) groups excluding carboxylic acids is 1. The standard InChI is InChI=1S/C9H11FN2O2/c1-14-7-3-2-5(10)4-6(7)8(11)9(12)13/h2-4,8H,11H2,1H3,(H2,12,13). The molecule has 1 amide bonds. The van der Waals surface area contributed by atoms with Crippen molar-refractivity contribution in [1.82, 2.24) is 0 Å². The van der Waals surface area contributed by atoms with Crippen molar-refractivity contribution in [2.45, 2.75) is 6.04 Å². The van der Waals surface area contributed by atoms with Gasteiger partial charge in [0.25, 0.3) is 0 Å². The molecule has 0 bridgehead atoms. The molecule has 4 nitrogen and oxygen atoms in total. The topological polar surface area (TPSA) is 78.3 Å². The molecule has 0 saturated heterocycles. The Morgan fingerprint density at radius 1 is 1.57 bits per heavy atom. The fraction of sp³-hybridized carbons (Fsp3) is 0.222. The molecular formula is C9H11FN2O2. The minimum absolute atomic E-state index is 0.250. The highest BCUT2D eigenvalue weighted by Gasteiger charge is 2.17. The summed E-state index contributed by atoms with van der Waals surface area (Å²) in [6, 6.07) is 2.69. The van der Waals surface area contributed by atoms with Crippen LogP contribution >= 0.6 is 0 Å². The number of carbonyl (C=O) groups is 1. The van der Waals surface area contributed by atoms with Crippen molar-refractivity contribution >= 4 is 5.91 Å². The zero-order valence-electron chi connectivity index (χ0n) is 7.66. The number of nitrogens with two attached hydrogens (primary N) is 2. The summed E-state index contributed by atoms with van der Waals surface area (Å²) in [5, 5.41) is 0. The molecular weight excluding hydrogens is 187 g/mol. The van der Waals surface area contributed by atoms with Crippen molar-refractivity contribution in [3.05, 3.63) is 29.6 Å². The molecule has 0 aliphatic carbocycles.